The van der Waals surface area contributed by atoms with Crippen LogP contribution < -0.4 is 14.9 Å². The molecule has 0 saturated carbocycles. The normalized spacial score (nSPS) is 30.8. The van der Waals surface area contributed by atoms with E-state index in [1.54, 1.807) is 0 Å². The summed E-state index contributed by atoms with van der Waals surface area (Å²) in [6.45, 7) is -0.962. The molecule has 2 saturated heterocycles. The van der Waals surface area contributed by atoms with E-state index in [9.17, 15) is 50.8 Å². The predicted molar refractivity (Wildman–Crippen MR) is 130 cm³/mol. The smallest absolute Gasteiger partial charge is 0.229 e. The summed E-state index contributed by atoms with van der Waals surface area (Å²) in [5.74, 6) is -3.71. The molecular weight excluding hydrogens is 540 g/mol. The molecule has 2 aliphatic heterocycles. The molecule has 216 valence electrons. The van der Waals surface area contributed by atoms with E-state index in [1.807, 2.05) is 0 Å². The largest absolute Gasteiger partial charge is 0.508 e. The minimum absolute atomic E-state index is 0.0677. The zero-order chi connectivity index (χ0) is 28.9. The molecule has 3 aromatic rings. The van der Waals surface area contributed by atoms with Gasteiger partial charge in [-0.25, -0.2) is 0 Å². The van der Waals surface area contributed by atoms with E-state index in [-0.39, 0.29) is 11.5 Å². The molecule has 0 radical (unpaired) electrons. The number of benzene rings is 2. The van der Waals surface area contributed by atoms with E-state index in [1.165, 1.54) is 24.3 Å². The molecule has 0 amide bonds. The fourth-order valence-electron chi connectivity index (χ4n) is 4.30. The quantitative estimate of drug-likeness (QED) is 0.165. The molecule has 0 bridgehead atoms. The van der Waals surface area contributed by atoms with Gasteiger partial charge in [-0.15, -0.1) is 0 Å². The SMILES string of the molecule is O=c1cc(-c2ccc(O)cc2)oc2c(O[C@@H]3OC[C@@H](O)[C@@H](O)[C@@H]3O)c(O)c(O[C@@H]3OC[C@@H](O)[C@H](O)[C@H]3O)c(O)c12. The summed E-state index contributed by atoms with van der Waals surface area (Å²) in [5.41, 5.74) is -1.10. The van der Waals surface area contributed by atoms with Crippen molar-refractivity contribution in [3.05, 3.63) is 40.6 Å². The maximum absolute atomic E-state index is 13.2. The number of phenolic OH excluding ortho intramolecular Hbond substituents is 3. The molecule has 0 aliphatic carbocycles. The Morgan fingerprint density at radius 1 is 0.700 bits per heavy atom. The van der Waals surface area contributed by atoms with E-state index in [0.29, 0.717) is 5.56 Å². The van der Waals surface area contributed by atoms with E-state index >= 15 is 0 Å². The molecule has 8 atom stereocenters. The topological polar surface area (TPSA) is 249 Å². The Morgan fingerprint density at radius 2 is 1.23 bits per heavy atom. The highest BCUT2D eigenvalue weighted by atomic mass is 16.7. The van der Waals surface area contributed by atoms with E-state index in [0.717, 1.165) is 6.07 Å². The van der Waals surface area contributed by atoms with Crippen LogP contribution in [0.5, 0.6) is 28.7 Å². The van der Waals surface area contributed by atoms with Crippen molar-refractivity contribution < 1.29 is 69.3 Å². The molecule has 3 heterocycles. The van der Waals surface area contributed by atoms with Crippen LogP contribution in [-0.2, 0) is 9.47 Å². The number of fused-ring (bicyclic) bond motifs is 1. The van der Waals surface area contributed by atoms with E-state index in [2.05, 4.69) is 0 Å². The lowest BCUT2D eigenvalue weighted by Crippen LogP contribution is -2.55. The van der Waals surface area contributed by atoms with Gasteiger partial charge in [-0.3, -0.25) is 4.79 Å². The number of aliphatic hydroxyl groups is 6. The Kier molecular flexibility index (Phi) is 7.47. The molecule has 1 aromatic heterocycles. The molecule has 9 N–H and O–H groups in total. The second-order valence-electron chi connectivity index (χ2n) is 9.32. The number of aromatic hydroxyl groups is 3. The molecule has 2 aromatic carbocycles. The first-order valence-electron chi connectivity index (χ1n) is 12.0. The lowest BCUT2D eigenvalue weighted by atomic mass is 10.1. The van der Waals surface area contributed by atoms with Gasteiger partial charge in [0, 0.05) is 11.6 Å². The maximum atomic E-state index is 13.2. The summed E-state index contributed by atoms with van der Waals surface area (Å²) < 4.78 is 27.2. The standard InChI is InChI=1S/C25H26O15/c26-9-3-1-8(2-4-9)13-5-10(27)14-17(32)22(39-24-18(33)15(30)11(28)6-36-24)20(35)23(21(14)38-13)40-25-19(34)16(31)12(29)7-37-25/h1-5,11-12,15-16,18-19,24-26,28-35H,6-7H2/t11-,12-,15+,16-,18-,19+,24+,25+/m1/s1. The number of hydrogen-bond donors (Lipinski definition) is 9. The molecule has 40 heavy (non-hydrogen) atoms. The molecule has 0 unspecified atom stereocenters. The Balaban J connectivity index is 1.66. The zero-order valence-corrected chi connectivity index (χ0v) is 20.4. The van der Waals surface area contributed by atoms with Crippen molar-refractivity contribution in [1.82, 2.24) is 0 Å². The molecule has 2 aliphatic rings. The van der Waals surface area contributed by atoms with Gasteiger partial charge in [0.05, 0.1) is 13.2 Å². The van der Waals surface area contributed by atoms with Crippen LogP contribution in [0.3, 0.4) is 0 Å². The highest BCUT2D eigenvalue weighted by Gasteiger charge is 2.42. The second-order valence-corrected chi connectivity index (χ2v) is 9.32. The summed E-state index contributed by atoms with van der Waals surface area (Å²) in [6, 6.07) is 6.48. The van der Waals surface area contributed by atoms with Crippen LogP contribution in [-0.4, -0.2) is 108 Å². The van der Waals surface area contributed by atoms with Gasteiger partial charge in [-0.1, -0.05) is 0 Å². The van der Waals surface area contributed by atoms with Crippen LogP contribution in [0.25, 0.3) is 22.3 Å². The van der Waals surface area contributed by atoms with Gasteiger partial charge in [0.2, 0.25) is 29.8 Å². The summed E-state index contributed by atoms with van der Waals surface area (Å²) in [5, 5.41) is 91.2. The van der Waals surface area contributed by atoms with Gasteiger partial charge in [0.25, 0.3) is 0 Å². The number of ether oxygens (including phenoxy) is 4. The number of phenols is 3. The van der Waals surface area contributed by atoms with Crippen molar-refractivity contribution in [2.75, 3.05) is 13.2 Å². The number of aliphatic hydroxyl groups excluding tert-OH is 6. The van der Waals surface area contributed by atoms with Crippen molar-refractivity contribution in [2.24, 2.45) is 0 Å². The van der Waals surface area contributed by atoms with Gasteiger partial charge >= 0.3 is 0 Å². The van der Waals surface area contributed by atoms with Gasteiger partial charge in [0.1, 0.15) is 53.5 Å². The number of hydrogen-bond acceptors (Lipinski definition) is 15. The Labute approximate surface area is 223 Å². The summed E-state index contributed by atoms with van der Waals surface area (Å²) in [7, 11) is 0. The third kappa shape index (κ3) is 4.89. The fourth-order valence-corrected chi connectivity index (χ4v) is 4.30. The Hall–Kier alpha value is -3.67. The van der Waals surface area contributed by atoms with Crippen molar-refractivity contribution in [2.45, 2.75) is 49.2 Å². The van der Waals surface area contributed by atoms with Crippen LogP contribution >= 0.6 is 0 Å². The van der Waals surface area contributed by atoms with Crippen molar-refractivity contribution in [1.29, 1.82) is 0 Å². The van der Waals surface area contributed by atoms with Crippen LogP contribution in [0, 0.1) is 0 Å². The van der Waals surface area contributed by atoms with Crippen molar-refractivity contribution >= 4 is 11.0 Å². The Bertz CT molecular complexity index is 1440. The van der Waals surface area contributed by atoms with E-state index in [4.69, 9.17) is 23.4 Å². The molecule has 2 fully saturated rings. The van der Waals surface area contributed by atoms with Crippen LogP contribution in [0.2, 0.25) is 0 Å². The third-order valence-corrected chi connectivity index (χ3v) is 6.56. The Morgan fingerprint density at radius 3 is 1.77 bits per heavy atom. The average molecular weight is 566 g/mol. The van der Waals surface area contributed by atoms with E-state index < -0.39 is 102 Å². The highest BCUT2D eigenvalue weighted by Crippen LogP contribution is 2.51. The first-order chi connectivity index (χ1) is 19.0. The highest BCUT2D eigenvalue weighted by molar-refractivity contribution is 5.95. The first-order valence-corrected chi connectivity index (χ1v) is 12.0. The predicted octanol–water partition coefficient (Wildman–Crippen LogP) is -1.79. The summed E-state index contributed by atoms with van der Waals surface area (Å²) >= 11 is 0. The average Bonchev–Trinajstić information content (AvgIpc) is 2.93. The minimum Gasteiger partial charge on any atom is -0.508 e. The van der Waals surface area contributed by atoms with Crippen LogP contribution in [0.4, 0.5) is 0 Å². The summed E-state index contributed by atoms with van der Waals surface area (Å²) in [6.07, 6.45) is -13.5. The fraction of sp³-hybridized carbons (Fsp3) is 0.400. The van der Waals surface area contributed by atoms with Crippen LogP contribution in [0.15, 0.2) is 39.5 Å². The minimum atomic E-state index is -1.85. The molecule has 5 rings (SSSR count). The molecule has 15 nitrogen and oxygen atoms in total. The van der Waals surface area contributed by atoms with Gasteiger partial charge < -0.3 is 69.3 Å². The van der Waals surface area contributed by atoms with Crippen molar-refractivity contribution in [3.8, 4) is 40.1 Å². The van der Waals surface area contributed by atoms with Gasteiger partial charge in [-0.05, 0) is 24.3 Å². The molecule has 0 spiro atoms. The zero-order valence-electron chi connectivity index (χ0n) is 20.4. The maximum Gasteiger partial charge on any atom is 0.229 e. The van der Waals surface area contributed by atoms with Gasteiger partial charge in [-0.2, -0.15) is 0 Å². The van der Waals surface area contributed by atoms with Gasteiger partial charge in [0.15, 0.2) is 16.8 Å². The molecule has 15 heteroatoms. The third-order valence-electron chi connectivity index (χ3n) is 6.56. The summed E-state index contributed by atoms with van der Waals surface area (Å²) in [4.78, 5) is 13.2. The number of rotatable bonds is 5. The van der Waals surface area contributed by atoms with Crippen molar-refractivity contribution in [3.63, 3.8) is 0 Å². The monoisotopic (exact) mass is 566 g/mol. The lowest BCUT2D eigenvalue weighted by molar-refractivity contribution is -0.243. The first kappa shape index (κ1) is 27.9. The molecular formula is C25H26O15. The van der Waals surface area contributed by atoms with Crippen LogP contribution in [0.1, 0.15) is 0 Å². The lowest BCUT2D eigenvalue weighted by Gasteiger charge is -2.36. The second kappa shape index (κ2) is 10.7.